The van der Waals surface area contributed by atoms with Crippen LogP contribution in [0.1, 0.15) is 47.9 Å². The molecule has 0 atom stereocenters. The lowest BCUT2D eigenvalue weighted by Crippen LogP contribution is -2.33. The van der Waals surface area contributed by atoms with Crippen molar-refractivity contribution in [1.82, 2.24) is 14.5 Å². The van der Waals surface area contributed by atoms with E-state index in [1.165, 1.54) is 79.5 Å². The summed E-state index contributed by atoms with van der Waals surface area (Å²) in [5.74, 6) is 0.912. The molecule has 0 aromatic heterocycles. The van der Waals surface area contributed by atoms with Crippen LogP contribution in [0.2, 0.25) is 0 Å². The summed E-state index contributed by atoms with van der Waals surface area (Å²) in [6.07, 6.45) is 9.67. The number of urea groups is 1. The Morgan fingerprint density at radius 3 is 2.39 bits per heavy atom. The molecule has 4 rings (SSSR count). The van der Waals surface area contributed by atoms with Crippen LogP contribution in [0.5, 0.6) is 0 Å². The minimum absolute atomic E-state index is 0.0703. The van der Waals surface area contributed by atoms with E-state index in [1.54, 1.807) is 0 Å². The van der Waals surface area contributed by atoms with Crippen molar-refractivity contribution in [3.05, 3.63) is 28.3 Å². The molecule has 0 bridgehead atoms. The quantitative estimate of drug-likeness (QED) is 0.516. The Labute approximate surface area is 173 Å². The minimum atomic E-state index is -0.0703. The molecular weight excluding hydrogens is 368 g/mol. The predicted molar refractivity (Wildman–Crippen MR) is 118 cm³/mol. The number of rotatable bonds is 8. The number of carbonyl (C=O) groups excluding carboxylic acids is 1. The van der Waals surface area contributed by atoms with Gasteiger partial charge in [-0.2, -0.15) is 0 Å². The van der Waals surface area contributed by atoms with Gasteiger partial charge in [0.1, 0.15) is 0 Å². The summed E-state index contributed by atoms with van der Waals surface area (Å²) in [5.41, 5.74) is 6.83. The van der Waals surface area contributed by atoms with Gasteiger partial charge in [-0.05, 0) is 106 Å². The average molecular weight is 403 g/mol. The monoisotopic (exact) mass is 402 g/mol. The van der Waals surface area contributed by atoms with Crippen LogP contribution >= 0.6 is 11.9 Å². The molecule has 28 heavy (non-hydrogen) atoms. The third-order valence-electron chi connectivity index (χ3n) is 6.45. The van der Waals surface area contributed by atoms with E-state index in [-0.39, 0.29) is 6.03 Å². The highest BCUT2D eigenvalue weighted by Crippen LogP contribution is 2.38. The van der Waals surface area contributed by atoms with Crippen LogP contribution in [-0.4, -0.2) is 61.4 Å². The molecule has 1 saturated heterocycles. The fourth-order valence-electron chi connectivity index (χ4n) is 4.85. The SMILES string of the molecule is CN(CCSNC(=O)Nc1c2c(cc3c1CCC3)CCC2)CCN1CCCC1. The van der Waals surface area contributed by atoms with Gasteiger partial charge in [0.15, 0.2) is 0 Å². The summed E-state index contributed by atoms with van der Waals surface area (Å²) in [6, 6.07) is 2.33. The number of nitrogens with zero attached hydrogens (tertiary/aromatic N) is 2. The molecular formula is C22H34N4OS. The van der Waals surface area contributed by atoms with E-state index in [9.17, 15) is 4.79 Å². The van der Waals surface area contributed by atoms with Crippen molar-refractivity contribution in [3.63, 3.8) is 0 Å². The van der Waals surface area contributed by atoms with Crippen LogP contribution in [0.3, 0.4) is 0 Å². The molecule has 2 amide bonds. The van der Waals surface area contributed by atoms with Gasteiger partial charge in [-0.15, -0.1) is 0 Å². The topological polar surface area (TPSA) is 47.6 Å². The minimum Gasteiger partial charge on any atom is -0.307 e. The van der Waals surface area contributed by atoms with E-state index >= 15 is 0 Å². The van der Waals surface area contributed by atoms with Gasteiger partial charge in [0.2, 0.25) is 0 Å². The van der Waals surface area contributed by atoms with E-state index in [1.807, 2.05) is 0 Å². The molecule has 0 saturated carbocycles. The number of nitrogens with one attached hydrogen (secondary N) is 2. The lowest BCUT2D eigenvalue weighted by atomic mass is 9.99. The largest absolute Gasteiger partial charge is 0.329 e. The number of fused-ring (bicyclic) bond motifs is 2. The van der Waals surface area contributed by atoms with Gasteiger partial charge in [0, 0.05) is 31.1 Å². The van der Waals surface area contributed by atoms with Crippen LogP contribution in [0.15, 0.2) is 6.07 Å². The Balaban J connectivity index is 1.20. The van der Waals surface area contributed by atoms with Crippen molar-refractivity contribution in [2.24, 2.45) is 0 Å². The van der Waals surface area contributed by atoms with Crippen LogP contribution in [0.4, 0.5) is 10.5 Å². The Bertz CT molecular complexity index is 670. The van der Waals surface area contributed by atoms with E-state index in [4.69, 9.17) is 0 Å². The maximum Gasteiger partial charge on any atom is 0.329 e. The number of amides is 2. The molecule has 1 heterocycles. The van der Waals surface area contributed by atoms with Gasteiger partial charge in [-0.1, -0.05) is 6.07 Å². The van der Waals surface area contributed by atoms with Crippen LogP contribution in [0.25, 0.3) is 0 Å². The van der Waals surface area contributed by atoms with E-state index in [0.717, 1.165) is 50.2 Å². The van der Waals surface area contributed by atoms with Crippen molar-refractivity contribution in [2.45, 2.75) is 51.4 Å². The van der Waals surface area contributed by atoms with Gasteiger partial charge in [0.05, 0.1) is 0 Å². The second kappa shape index (κ2) is 9.51. The summed E-state index contributed by atoms with van der Waals surface area (Å²) >= 11 is 1.52. The zero-order chi connectivity index (χ0) is 19.3. The highest BCUT2D eigenvalue weighted by atomic mass is 32.2. The molecule has 0 spiro atoms. The maximum atomic E-state index is 12.5. The van der Waals surface area contributed by atoms with Gasteiger partial charge in [-0.25, -0.2) is 4.79 Å². The first kappa shape index (κ1) is 20.0. The van der Waals surface area contributed by atoms with Gasteiger partial charge >= 0.3 is 6.03 Å². The van der Waals surface area contributed by atoms with Crippen LogP contribution < -0.4 is 10.0 Å². The fraction of sp³-hybridized carbons (Fsp3) is 0.682. The molecule has 154 valence electrons. The lowest BCUT2D eigenvalue weighted by Gasteiger charge is -2.21. The van der Waals surface area contributed by atoms with Crippen LogP contribution in [-0.2, 0) is 25.7 Å². The van der Waals surface area contributed by atoms with Crippen molar-refractivity contribution in [1.29, 1.82) is 0 Å². The zero-order valence-electron chi connectivity index (χ0n) is 17.2. The lowest BCUT2D eigenvalue weighted by molar-refractivity contribution is 0.257. The molecule has 0 unspecified atom stereocenters. The number of benzene rings is 1. The third-order valence-corrected chi connectivity index (χ3v) is 7.16. The average Bonchev–Trinajstić information content (AvgIpc) is 3.44. The summed E-state index contributed by atoms with van der Waals surface area (Å²) in [7, 11) is 2.17. The second-order valence-corrected chi connectivity index (χ2v) is 9.39. The Hall–Kier alpha value is -1.24. The van der Waals surface area contributed by atoms with E-state index in [2.05, 4.69) is 33.0 Å². The number of anilines is 1. The molecule has 1 aromatic carbocycles. The molecule has 3 aliphatic rings. The predicted octanol–water partition coefficient (Wildman–Crippen LogP) is 3.46. The number of carbonyl (C=O) groups is 1. The summed E-state index contributed by atoms with van der Waals surface area (Å²) in [4.78, 5) is 17.4. The number of hydrogen-bond donors (Lipinski definition) is 2. The molecule has 5 nitrogen and oxygen atoms in total. The van der Waals surface area contributed by atoms with E-state index < -0.39 is 0 Å². The number of aryl methyl sites for hydroxylation is 2. The molecule has 0 radical (unpaired) electrons. The molecule has 6 heteroatoms. The second-order valence-electron chi connectivity index (χ2n) is 8.49. The fourth-order valence-corrected chi connectivity index (χ4v) is 5.54. The van der Waals surface area contributed by atoms with Crippen molar-refractivity contribution in [3.8, 4) is 0 Å². The zero-order valence-corrected chi connectivity index (χ0v) is 18.0. The highest BCUT2D eigenvalue weighted by Gasteiger charge is 2.24. The van der Waals surface area contributed by atoms with Gasteiger partial charge in [-0.3, -0.25) is 4.72 Å². The van der Waals surface area contributed by atoms with Crippen molar-refractivity contribution in [2.75, 3.05) is 50.8 Å². The standard InChI is InChI=1S/C22H34N4OS/c1-25(12-13-26-10-2-3-11-26)14-15-28-24-22(27)23-21-19-8-4-6-17(19)16-18-7-5-9-20(18)21/h16H,2-15H2,1H3,(H2,23,24,27). The maximum absolute atomic E-state index is 12.5. The summed E-state index contributed by atoms with van der Waals surface area (Å²) < 4.78 is 3.00. The Kier molecular flexibility index (Phi) is 6.81. The molecule has 1 aliphatic heterocycles. The number of hydrogen-bond acceptors (Lipinski definition) is 4. The molecule has 2 N–H and O–H groups in total. The number of likely N-dealkylation sites (tertiary alicyclic amines) is 1. The number of likely N-dealkylation sites (N-methyl/N-ethyl adjacent to an activating group) is 1. The van der Waals surface area contributed by atoms with E-state index in [0.29, 0.717) is 0 Å². The first-order valence-electron chi connectivity index (χ1n) is 11.0. The van der Waals surface area contributed by atoms with Crippen molar-refractivity contribution >= 4 is 23.7 Å². The highest BCUT2D eigenvalue weighted by molar-refractivity contribution is 7.97. The summed E-state index contributed by atoms with van der Waals surface area (Å²) in [5, 5.41) is 3.20. The van der Waals surface area contributed by atoms with Gasteiger partial charge < -0.3 is 15.1 Å². The van der Waals surface area contributed by atoms with Crippen molar-refractivity contribution < 1.29 is 4.79 Å². The Morgan fingerprint density at radius 2 is 1.71 bits per heavy atom. The third kappa shape index (κ3) is 4.84. The Morgan fingerprint density at radius 1 is 1.04 bits per heavy atom. The van der Waals surface area contributed by atoms with Crippen LogP contribution in [0, 0.1) is 0 Å². The first-order valence-corrected chi connectivity index (χ1v) is 12.0. The van der Waals surface area contributed by atoms with Gasteiger partial charge in [0.25, 0.3) is 0 Å². The molecule has 1 fully saturated rings. The normalized spacial score (nSPS) is 18.5. The first-order chi connectivity index (χ1) is 13.7. The molecule has 1 aromatic rings. The molecule has 2 aliphatic carbocycles. The smallest absolute Gasteiger partial charge is 0.307 e. The summed E-state index contributed by atoms with van der Waals surface area (Å²) in [6.45, 7) is 5.79.